The van der Waals surface area contributed by atoms with E-state index in [1.807, 2.05) is 26.0 Å². The minimum Gasteiger partial charge on any atom is -0.299 e. The summed E-state index contributed by atoms with van der Waals surface area (Å²) in [6.45, 7) is 3.89. The molecule has 1 saturated heterocycles. The van der Waals surface area contributed by atoms with E-state index in [0.29, 0.717) is 5.69 Å². The number of ketones is 2. The third kappa shape index (κ3) is 1.79. The molecule has 4 fully saturated rings. The van der Waals surface area contributed by atoms with Gasteiger partial charge in [-0.1, -0.05) is 6.07 Å². The molecule has 0 N–H and O–H groups in total. The normalized spacial score (nSPS) is 32.7. The highest BCUT2D eigenvalue weighted by molar-refractivity contribution is 6.25. The van der Waals surface area contributed by atoms with Crippen LogP contribution in [0.1, 0.15) is 24.0 Å². The Morgan fingerprint density at radius 3 is 1.83 bits per heavy atom. The molecular formula is C18H17NO4. The highest BCUT2D eigenvalue weighted by Crippen LogP contribution is 2.50. The number of hydrogen-bond donors (Lipinski definition) is 0. The average Bonchev–Trinajstić information content (AvgIpc) is 2.77. The lowest BCUT2D eigenvalue weighted by atomic mass is 9.58. The number of aryl methyl sites for hydroxylation is 2. The molecule has 3 saturated carbocycles. The number of rotatable bonds is 1. The van der Waals surface area contributed by atoms with E-state index in [4.69, 9.17) is 0 Å². The van der Waals surface area contributed by atoms with E-state index >= 15 is 0 Å². The smallest absolute Gasteiger partial charge is 0.238 e. The molecule has 0 aromatic heterocycles. The summed E-state index contributed by atoms with van der Waals surface area (Å²) < 4.78 is 0. The first-order chi connectivity index (χ1) is 10.9. The maximum atomic E-state index is 12.8. The third-order valence-electron chi connectivity index (χ3n) is 5.68. The zero-order valence-corrected chi connectivity index (χ0v) is 13.0. The number of carbonyl (C=O) groups excluding carboxylic acids is 4. The van der Waals surface area contributed by atoms with Gasteiger partial charge in [0.2, 0.25) is 11.8 Å². The van der Waals surface area contributed by atoms with E-state index in [1.165, 1.54) is 4.90 Å². The first kappa shape index (κ1) is 14.3. The second-order valence-electron chi connectivity index (χ2n) is 6.89. The topological polar surface area (TPSA) is 71.5 Å². The van der Waals surface area contributed by atoms with Crippen molar-refractivity contribution in [3.05, 3.63) is 29.3 Å². The highest BCUT2D eigenvalue weighted by Gasteiger charge is 2.63. The van der Waals surface area contributed by atoms with Crippen molar-refractivity contribution >= 4 is 29.1 Å². The Morgan fingerprint density at radius 2 is 1.35 bits per heavy atom. The molecule has 2 bridgehead atoms. The molecule has 2 amide bonds. The number of anilines is 1. The van der Waals surface area contributed by atoms with Crippen LogP contribution in [-0.4, -0.2) is 23.4 Å². The molecule has 23 heavy (non-hydrogen) atoms. The van der Waals surface area contributed by atoms with Gasteiger partial charge in [0.05, 0.1) is 17.5 Å². The zero-order chi connectivity index (χ0) is 16.5. The molecule has 3 aliphatic carbocycles. The van der Waals surface area contributed by atoms with Gasteiger partial charge in [-0.15, -0.1) is 0 Å². The number of fused-ring (bicyclic) bond motifs is 2. The molecule has 1 aromatic rings. The fraction of sp³-hybridized carbons (Fsp3) is 0.444. The molecule has 5 rings (SSSR count). The van der Waals surface area contributed by atoms with Crippen LogP contribution in [0.5, 0.6) is 0 Å². The molecule has 1 aliphatic heterocycles. The Balaban J connectivity index is 1.79. The molecule has 118 valence electrons. The zero-order valence-electron chi connectivity index (χ0n) is 13.0. The van der Waals surface area contributed by atoms with Gasteiger partial charge >= 0.3 is 0 Å². The summed E-state index contributed by atoms with van der Waals surface area (Å²) in [6, 6.07) is 5.44. The van der Waals surface area contributed by atoms with Gasteiger partial charge in [0, 0.05) is 24.7 Å². The first-order valence-electron chi connectivity index (χ1n) is 7.90. The molecular weight excluding hydrogens is 294 g/mol. The number of imide groups is 1. The van der Waals surface area contributed by atoms with E-state index < -0.39 is 23.7 Å². The second-order valence-corrected chi connectivity index (χ2v) is 6.89. The maximum Gasteiger partial charge on any atom is 0.238 e. The molecule has 5 nitrogen and oxygen atoms in total. The van der Waals surface area contributed by atoms with Crippen molar-refractivity contribution in [3.8, 4) is 0 Å². The van der Waals surface area contributed by atoms with Crippen LogP contribution in [0.3, 0.4) is 0 Å². The fourth-order valence-corrected chi connectivity index (χ4v) is 4.30. The van der Waals surface area contributed by atoms with Gasteiger partial charge in [-0.25, -0.2) is 0 Å². The van der Waals surface area contributed by atoms with Crippen LogP contribution in [0.25, 0.3) is 0 Å². The van der Waals surface area contributed by atoms with Gasteiger partial charge in [0.1, 0.15) is 11.6 Å². The van der Waals surface area contributed by atoms with Crippen molar-refractivity contribution in [3.63, 3.8) is 0 Å². The molecule has 4 atom stereocenters. The molecule has 0 unspecified atom stereocenters. The van der Waals surface area contributed by atoms with E-state index in [1.54, 1.807) is 6.07 Å². The Hall–Kier alpha value is -2.30. The SMILES string of the molecule is Cc1ccc(N2C(=O)[C@@H]3[C@@H](C2=O)[C@H]2CC(=O)[C@H]3CC2=O)cc1C. The van der Waals surface area contributed by atoms with Crippen LogP contribution >= 0.6 is 0 Å². The lowest BCUT2D eigenvalue weighted by molar-refractivity contribution is -0.153. The Morgan fingerprint density at radius 1 is 0.826 bits per heavy atom. The maximum absolute atomic E-state index is 12.8. The van der Waals surface area contributed by atoms with Crippen molar-refractivity contribution < 1.29 is 19.2 Å². The third-order valence-corrected chi connectivity index (χ3v) is 5.68. The minimum absolute atomic E-state index is 0.0427. The number of Topliss-reactive ketones (excluding diaryl/α,β-unsaturated/α-hetero) is 2. The van der Waals surface area contributed by atoms with Crippen molar-refractivity contribution in [2.45, 2.75) is 26.7 Å². The van der Waals surface area contributed by atoms with Crippen LogP contribution in [0.4, 0.5) is 5.69 Å². The fourth-order valence-electron chi connectivity index (χ4n) is 4.30. The predicted octanol–water partition coefficient (Wildman–Crippen LogP) is 1.59. The summed E-state index contributed by atoms with van der Waals surface area (Å²) in [7, 11) is 0. The minimum atomic E-state index is -0.645. The standard InChI is InChI=1S/C18H17NO4/c1-8-3-4-10(5-9(8)2)19-17(22)15-11-6-13(20)12(7-14(11)21)16(15)18(19)23/h3-5,11-12,15-16H,6-7H2,1-2H3/t11-,12+,15-,16-/m0/s1. The second kappa shape index (κ2) is 4.60. The van der Waals surface area contributed by atoms with Crippen LogP contribution in [-0.2, 0) is 19.2 Å². The lowest BCUT2D eigenvalue weighted by Crippen LogP contribution is -2.51. The van der Waals surface area contributed by atoms with Crippen LogP contribution in [0.15, 0.2) is 18.2 Å². The number of nitrogens with zero attached hydrogens (tertiary/aromatic N) is 1. The molecule has 4 aliphatic rings. The van der Waals surface area contributed by atoms with Gasteiger partial charge in [-0.3, -0.25) is 24.1 Å². The Labute approximate surface area is 133 Å². The summed E-state index contributed by atoms with van der Waals surface area (Å²) in [5.41, 5.74) is 2.61. The number of hydrogen-bond acceptors (Lipinski definition) is 4. The largest absolute Gasteiger partial charge is 0.299 e. The van der Waals surface area contributed by atoms with E-state index in [9.17, 15) is 19.2 Å². The Kier molecular flexibility index (Phi) is 2.86. The first-order valence-corrected chi connectivity index (χ1v) is 7.90. The van der Waals surface area contributed by atoms with Crippen LogP contribution < -0.4 is 4.90 Å². The quantitative estimate of drug-likeness (QED) is 0.738. The van der Waals surface area contributed by atoms with Crippen molar-refractivity contribution in [1.29, 1.82) is 0 Å². The van der Waals surface area contributed by atoms with Crippen molar-refractivity contribution in [2.75, 3.05) is 4.90 Å². The van der Waals surface area contributed by atoms with Crippen LogP contribution in [0.2, 0.25) is 0 Å². The van der Waals surface area contributed by atoms with Gasteiger partial charge in [0.15, 0.2) is 0 Å². The summed E-state index contributed by atoms with van der Waals surface area (Å²) in [6.07, 6.45) is 0.231. The summed E-state index contributed by atoms with van der Waals surface area (Å²) >= 11 is 0. The molecule has 0 spiro atoms. The van der Waals surface area contributed by atoms with Crippen LogP contribution in [0, 0.1) is 37.5 Å². The lowest BCUT2D eigenvalue weighted by Gasteiger charge is -2.40. The number of amides is 2. The molecule has 5 heteroatoms. The average molecular weight is 311 g/mol. The predicted molar refractivity (Wildman–Crippen MR) is 81.6 cm³/mol. The Bertz CT molecular complexity index is 741. The van der Waals surface area contributed by atoms with Crippen molar-refractivity contribution in [1.82, 2.24) is 0 Å². The van der Waals surface area contributed by atoms with E-state index in [-0.39, 0.29) is 36.2 Å². The highest BCUT2D eigenvalue weighted by atomic mass is 16.2. The van der Waals surface area contributed by atoms with Crippen molar-refractivity contribution in [2.24, 2.45) is 23.7 Å². The van der Waals surface area contributed by atoms with E-state index in [0.717, 1.165) is 11.1 Å². The van der Waals surface area contributed by atoms with Gasteiger partial charge in [-0.2, -0.15) is 0 Å². The molecule has 1 heterocycles. The van der Waals surface area contributed by atoms with Gasteiger partial charge < -0.3 is 0 Å². The summed E-state index contributed by atoms with van der Waals surface area (Å²) in [5.74, 6) is -3.23. The summed E-state index contributed by atoms with van der Waals surface area (Å²) in [5, 5.41) is 0. The van der Waals surface area contributed by atoms with Gasteiger partial charge in [0.25, 0.3) is 0 Å². The summed E-state index contributed by atoms with van der Waals surface area (Å²) in [4.78, 5) is 51.1. The number of carbonyl (C=O) groups is 4. The van der Waals surface area contributed by atoms with Gasteiger partial charge in [-0.05, 0) is 37.1 Å². The monoisotopic (exact) mass is 311 g/mol. The molecule has 0 radical (unpaired) electrons. The number of benzene rings is 1. The molecule has 1 aromatic carbocycles. The van der Waals surface area contributed by atoms with E-state index in [2.05, 4.69) is 0 Å².